The molecule has 0 unspecified atom stereocenters. The Morgan fingerprint density at radius 1 is 1.22 bits per heavy atom. The van der Waals surface area contributed by atoms with Crippen molar-refractivity contribution in [2.24, 2.45) is 5.73 Å². The predicted molar refractivity (Wildman–Crippen MR) is 68.9 cm³/mol. The number of carbonyl (C=O) groups excluding carboxylic acids is 1. The minimum atomic E-state index is -0.303. The molecule has 0 aliphatic rings. The fourth-order valence-electron chi connectivity index (χ4n) is 1.55. The van der Waals surface area contributed by atoms with E-state index in [1.54, 1.807) is 12.1 Å². The maximum absolute atomic E-state index is 11.5. The van der Waals surface area contributed by atoms with Gasteiger partial charge in [0.15, 0.2) is 0 Å². The highest BCUT2D eigenvalue weighted by atomic mass is 16.3. The van der Waals surface area contributed by atoms with Crippen LogP contribution in [0.5, 0.6) is 0 Å². The number of hydrogen-bond acceptors (Lipinski definition) is 3. The van der Waals surface area contributed by atoms with Gasteiger partial charge in [-0.3, -0.25) is 5.32 Å². The van der Waals surface area contributed by atoms with E-state index >= 15 is 0 Å². The molecule has 0 saturated heterocycles. The molecule has 0 spiro atoms. The molecule has 1 heterocycles. The molecule has 0 saturated carbocycles. The summed E-state index contributed by atoms with van der Waals surface area (Å²) in [5, 5.41) is 5.32. The zero-order valence-corrected chi connectivity index (χ0v) is 9.85. The van der Waals surface area contributed by atoms with Crippen molar-refractivity contribution in [2.75, 3.05) is 5.32 Å². The average Bonchev–Trinajstić information content (AvgIpc) is 2.89. The molecule has 1 aromatic carbocycles. The third kappa shape index (κ3) is 3.36. The summed E-state index contributed by atoms with van der Waals surface area (Å²) in [5.41, 5.74) is 7.60. The lowest BCUT2D eigenvalue weighted by atomic mass is 10.1. The molecule has 5 heteroatoms. The van der Waals surface area contributed by atoms with E-state index in [4.69, 9.17) is 10.2 Å². The lowest BCUT2D eigenvalue weighted by Crippen LogP contribution is -2.28. The Morgan fingerprint density at radius 3 is 2.78 bits per heavy atom. The second-order valence-electron chi connectivity index (χ2n) is 3.81. The third-order valence-electron chi connectivity index (χ3n) is 2.44. The van der Waals surface area contributed by atoms with E-state index in [1.165, 1.54) is 6.26 Å². The van der Waals surface area contributed by atoms with Crippen molar-refractivity contribution in [3.8, 4) is 0 Å². The fraction of sp³-hybridized carbons (Fsp3) is 0.154. The number of benzene rings is 1. The molecule has 0 aliphatic heterocycles. The molecule has 0 radical (unpaired) electrons. The van der Waals surface area contributed by atoms with Crippen molar-refractivity contribution in [1.29, 1.82) is 0 Å². The molecule has 5 nitrogen and oxygen atoms in total. The van der Waals surface area contributed by atoms with E-state index < -0.39 is 0 Å². The highest BCUT2D eigenvalue weighted by Crippen LogP contribution is 2.07. The summed E-state index contributed by atoms with van der Waals surface area (Å²) in [5.74, 6) is 0.420. The van der Waals surface area contributed by atoms with E-state index in [1.807, 2.05) is 24.3 Å². The van der Waals surface area contributed by atoms with Gasteiger partial charge < -0.3 is 15.5 Å². The van der Waals surface area contributed by atoms with Crippen LogP contribution in [-0.4, -0.2) is 6.03 Å². The summed E-state index contributed by atoms with van der Waals surface area (Å²) in [6, 6.07) is 10.9. The van der Waals surface area contributed by atoms with Gasteiger partial charge in [-0.05, 0) is 17.2 Å². The molecule has 2 rings (SSSR count). The van der Waals surface area contributed by atoms with Crippen molar-refractivity contribution in [1.82, 2.24) is 5.32 Å². The summed E-state index contributed by atoms with van der Waals surface area (Å²) < 4.78 is 5.00. The first-order valence-corrected chi connectivity index (χ1v) is 5.64. The van der Waals surface area contributed by atoms with E-state index in [9.17, 15) is 4.79 Å². The van der Waals surface area contributed by atoms with Gasteiger partial charge >= 0.3 is 6.03 Å². The van der Waals surface area contributed by atoms with Gasteiger partial charge in [-0.2, -0.15) is 0 Å². The van der Waals surface area contributed by atoms with E-state index in [0.29, 0.717) is 19.0 Å². The molecule has 0 atom stereocenters. The summed E-state index contributed by atoms with van der Waals surface area (Å²) >= 11 is 0. The first-order valence-electron chi connectivity index (χ1n) is 5.64. The first kappa shape index (κ1) is 12.2. The largest absolute Gasteiger partial charge is 0.449 e. The maximum Gasteiger partial charge on any atom is 0.321 e. The van der Waals surface area contributed by atoms with Crippen LogP contribution in [0.3, 0.4) is 0 Å². The molecule has 2 amide bonds. The lowest BCUT2D eigenvalue weighted by Gasteiger charge is -2.06. The fourth-order valence-corrected chi connectivity index (χ4v) is 1.55. The predicted octanol–water partition coefficient (Wildman–Crippen LogP) is 2.06. The molecule has 0 bridgehead atoms. The normalized spacial score (nSPS) is 10.1. The van der Waals surface area contributed by atoms with Gasteiger partial charge in [0, 0.05) is 19.2 Å². The first-order chi connectivity index (χ1) is 8.78. The minimum Gasteiger partial charge on any atom is -0.449 e. The van der Waals surface area contributed by atoms with E-state index in [-0.39, 0.29) is 6.03 Å². The van der Waals surface area contributed by atoms with Gasteiger partial charge in [0.1, 0.15) is 0 Å². The van der Waals surface area contributed by atoms with Crippen LogP contribution in [0.15, 0.2) is 47.1 Å². The van der Waals surface area contributed by atoms with E-state index in [0.717, 1.165) is 11.1 Å². The Bertz CT molecular complexity index is 509. The second kappa shape index (κ2) is 5.88. The molecule has 1 aromatic heterocycles. The molecule has 2 aromatic rings. The number of amides is 2. The summed E-state index contributed by atoms with van der Waals surface area (Å²) in [7, 11) is 0. The Morgan fingerprint density at radius 2 is 2.06 bits per heavy atom. The summed E-state index contributed by atoms with van der Waals surface area (Å²) in [6.45, 7) is 0.937. The second-order valence-corrected chi connectivity index (χ2v) is 3.81. The van der Waals surface area contributed by atoms with Crippen molar-refractivity contribution in [3.63, 3.8) is 0 Å². The highest BCUT2D eigenvalue weighted by molar-refractivity contribution is 5.87. The van der Waals surface area contributed by atoms with Gasteiger partial charge in [-0.1, -0.05) is 24.3 Å². The van der Waals surface area contributed by atoms with Gasteiger partial charge in [0.2, 0.25) is 5.88 Å². The standard InChI is InChI=1S/C13H15N3O2/c14-8-10-3-1-4-11(7-10)9-15-13(17)16-12-5-2-6-18-12/h1-7H,8-9,14H2,(H2,15,16,17). The molecular weight excluding hydrogens is 230 g/mol. The smallest absolute Gasteiger partial charge is 0.321 e. The van der Waals surface area contributed by atoms with Crippen LogP contribution in [0.1, 0.15) is 11.1 Å². The minimum absolute atomic E-state index is 0.303. The molecule has 0 fully saturated rings. The van der Waals surface area contributed by atoms with Crippen LogP contribution in [0, 0.1) is 0 Å². The zero-order valence-electron chi connectivity index (χ0n) is 9.85. The number of hydrogen-bond donors (Lipinski definition) is 3. The number of nitrogens with two attached hydrogens (primary N) is 1. The summed E-state index contributed by atoms with van der Waals surface area (Å²) in [4.78, 5) is 11.5. The topological polar surface area (TPSA) is 80.3 Å². The van der Waals surface area contributed by atoms with Gasteiger partial charge in [-0.15, -0.1) is 0 Å². The Balaban J connectivity index is 1.85. The van der Waals surface area contributed by atoms with Gasteiger partial charge in [0.05, 0.1) is 6.26 Å². The SMILES string of the molecule is NCc1cccc(CNC(=O)Nc2ccco2)c1. The summed E-state index contributed by atoms with van der Waals surface area (Å²) in [6.07, 6.45) is 1.50. The van der Waals surface area contributed by atoms with Crippen LogP contribution < -0.4 is 16.4 Å². The molecular formula is C13H15N3O2. The number of carbonyl (C=O) groups is 1. The number of furan rings is 1. The molecule has 18 heavy (non-hydrogen) atoms. The van der Waals surface area contributed by atoms with Crippen molar-refractivity contribution in [2.45, 2.75) is 13.1 Å². The van der Waals surface area contributed by atoms with E-state index in [2.05, 4.69) is 10.6 Å². The van der Waals surface area contributed by atoms with Crippen molar-refractivity contribution < 1.29 is 9.21 Å². The molecule has 0 aliphatic carbocycles. The van der Waals surface area contributed by atoms with Crippen LogP contribution in [-0.2, 0) is 13.1 Å². The Labute approximate surface area is 105 Å². The molecule has 4 N–H and O–H groups in total. The quantitative estimate of drug-likeness (QED) is 0.771. The van der Waals surface area contributed by atoms with Crippen LogP contribution in [0.4, 0.5) is 10.7 Å². The number of anilines is 1. The van der Waals surface area contributed by atoms with Crippen LogP contribution >= 0.6 is 0 Å². The van der Waals surface area contributed by atoms with Crippen LogP contribution in [0.25, 0.3) is 0 Å². The van der Waals surface area contributed by atoms with Crippen molar-refractivity contribution in [3.05, 3.63) is 53.8 Å². The number of urea groups is 1. The van der Waals surface area contributed by atoms with Gasteiger partial charge in [0.25, 0.3) is 0 Å². The average molecular weight is 245 g/mol. The Kier molecular flexibility index (Phi) is 3.98. The lowest BCUT2D eigenvalue weighted by molar-refractivity contribution is 0.251. The number of rotatable bonds is 4. The van der Waals surface area contributed by atoms with Crippen LogP contribution in [0.2, 0.25) is 0 Å². The zero-order chi connectivity index (χ0) is 12.8. The monoisotopic (exact) mass is 245 g/mol. The third-order valence-corrected chi connectivity index (χ3v) is 2.44. The highest BCUT2D eigenvalue weighted by Gasteiger charge is 2.03. The maximum atomic E-state index is 11.5. The Hall–Kier alpha value is -2.27. The van der Waals surface area contributed by atoms with Crippen molar-refractivity contribution >= 4 is 11.9 Å². The van der Waals surface area contributed by atoms with Gasteiger partial charge in [-0.25, -0.2) is 4.79 Å². The number of nitrogens with one attached hydrogen (secondary N) is 2. The molecule has 94 valence electrons.